The van der Waals surface area contributed by atoms with Crippen LogP contribution in [-0.2, 0) is 11.3 Å². The highest BCUT2D eigenvalue weighted by atomic mass is 16.1. The topological polar surface area (TPSA) is 57.8 Å². The van der Waals surface area contributed by atoms with Gasteiger partial charge in [-0.2, -0.15) is 5.26 Å². The highest BCUT2D eigenvalue weighted by Crippen LogP contribution is 2.18. The Labute approximate surface area is 106 Å². The Bertz CT molecular complexity index is 607. The van der Waals surface area contributed by atoms with Crippen LogP contribution in [0.2, 0.25) is 0 Å². The Morgan fingerprint density at radius 1 is 1.44 bits per heavy atom. The van der Waals surface area contributed by atoms with E-state index in [1.54, 1.807) is 0 Å². The number of nitriles is 1. The van der Waals surface area contributed by atoms with E-state index in [-0.39, 0.29) is 5.91 Å². The van der Waals surface area contributed by atoms with E-state index in [4.69, 9.17) is 5.26 Å². The molecule has 0 aliphatic rings. The highest BCUT2D eigenvalue weighted by Gasteiger charge is 2.08. The number of aromatic nitrogens is 1. The summed E-state index contributed by atoms with van der Waals surface area (Å²) in [6.45, 7) is 2.70. The van der Waals surface area contributed by atoms with Gasteiger partial charge in [0.25, 0.3) is 0 Å². The van der Waals surface area contributed by atoms with Crippen LogP contribution in [0.4, 0.5) is 0 Å². The fraction of sp³-hybridized carbons (Fsp3) is 0.286. The molecule has 0 bridgehead atoms. The maximum absolute atomic E-state index is 11.7. The van der Waals surface area contributed by atoms with Crippen molar-refractivity contribution in [1.29, 1.82) is 5.26 Å². The van der Waals surface area contributed by atoms with E-state index in [2.05, 4.69) is 11.4 Å². The zero-order chi connectivity index (χ0) is 13.0. The number of hydrogen-bond acceptors (Lipinski definition) is 2. The third-order valence-electron chi connectivity index (χ3n) is 2.88. The van der Waals surface area contributed by atoms with Crippen LogP contribution in [0, 0.1) is 18.3 Å². The zero-order valence-corrected chi connectivity index (χ0v) is 10.3. The van der Waals surface area contributed by atoms with Gasteiger partial charge in [0, 0.05) is 17.8 Å². The number of hydrogen-bond donors (Lipinski definition) is 1. The number of para-hydroxylation sites is 1. The number of aryl methyl sites for hydroxylation is 1. The number of carbonyl (C=O) groups excluding carboxylic acids is 1. The lowest BCUT2D eigenvalue weighted by molar-refractivity contribution is -0.121. The molecule has 4 heteroatoms. The average Bonchev–Trinajstić information content (AvgIpc) is 2.67. The number of carbonyl (C=O) groups is 1. The van der Waals surface area contributed by atoms with Crippen molar-refractivity contribution in [3.05, 3.63) is 36.0 Å². The van der Waals surface area contributed by atoms with Crippen LogP contribution in [0.3, 0.4) is 0 Å². The highest BCUT2D eigenvalue weighted by molar-refractivity contribution is 5.84. The van der Waals surface area contributed by atoms with Crippen molar-refractivity contribution in [3.63, 3.8) is 0 Å². The minimum Gasteiger partial charge on any atom is -0.354 e. The fourth-order valence-electron chi connectivity index (χ4n) is 2.02. The van der Waals surface area contributed by atoms with Gasteiger partial charge >= 0.3 is 0 Å². The summed E-state index contributed by atoms with van der Waals surface area (Å²) >= 11 is 0. The van der Waals surface area contributed by atoms with E-state index < -0.39 is 0 Å². The molecule has 0 unspecified atom stereocenters. The first-order valence-corrected chi connectivity index (χ1v) is 5.91. The van der Waals surface area contributed by atoms with Gasteiger partial charge in [-0.1, -0.05) is 18.2 Å². The molecule has 0 aliphatic heterocycles. The average molecular weight is 241 g/mol. The standard InChI is InChI=1S/C14H15N3O/c1-11-9-12-5-2-3-6-13(12)17(11)10-14(18)16-8-4-7-15/h2-3,5-6,9H,4,8,10H2,1H3,(H,16,18). The summed E-state index contributed by atoms with van der Waals surface area (Å²) in [6.07, 6.45) is 0.344. The van der Waals surface area contributed by atoms with Gasteiger partial charge in [0.05, 0.1) is 12.5 Å². The molecular formula is C14H15N3O. The van der Waals surface area contributed by atoms with Crippen molar-refractivity contribution >= 4 is 16.8 Å². The van der Waals surface area contributed by atoms with Crippen molar-refractivity contribution in [2.24, 2.45) is 0 Å². The molecule has 18 heavy (non-hydrogen) atoms. The molecule has 2 aromatic rings. The second kappa shape index (κ2) is 5.37. The smallest absolute Gasteiger partial charge is 0.239 e. The van der Waals surface area contributed by atoms with E-state index in [0.717, 1.165) is 16.6 Å². The quantitative estimate of drug-likeness (QED) is 0.832. The summed E-state index contributed by atoms with van der Waals surface area (Å²) in [5, 5.41) is 12.3. The third-order valence-corrected chi connectivity index (χ3v) is 2.88. The summed E-state index contributed by atoms with van der Waals surface area (Å²) in [5.74, 6) is -0.0605. The Hall–Kier alpha value is -2.28. The SMILES string of the molecule is Cc1cc2ccccc2n1CC(=O)NCCC#N. The lowest BCUT2D eigenvalue weighted by atomic mass is 10.2. The second-order valence-electron chi connectivity index (χ2n) is 4.19. The van der Waals surface area contributed by atoms with Crippen LogP contribution >= 0.6 is 0 Å². The molecular weight excluding hydrogens is 226 g/mol. The van der Waals surface area contributed by atoms with Gasteiger partial charge in [0.2, 0.25) is 5.91 Å². The normalized spacial score (nSPS) is 10.2. The summed E-state index contributed by atoms with van der Waals surface area (Å²) in [6, 6.07) is 12.1. The third kappa shape index (κ3) is 2.51. The van der Waals surface area contributed by atoms with Gasteiger partial charge in [-0.3, -0.25) is 4.79 Å². The Morgan fingerprint density at radius 3 is 3.00 bits per heavy atom. The molecule has 92 valence electrons. The number of fused-ring (bicyclic) bond motifs is 1. The molecule has 1 aromatic heterocycles. The molecule has 0 fully saturated rings. The predicted octanol–water partition coefficient (Wildman–Crippen LogP) is 1.98. The Kier molecular flexibility index (Phi) is 3.63. The molecule has 0 spiro atoms. The van der Waals surface area contributed by atoms with Crippen LogP contribution in [0.25, 0.3) is 10.9 Å². The van der Waals surface area contributed by atoms with Gasteiger partial charge in [-0.15, -0.1) is 0 Å². The molecule has 0 radical (unpaired) electrons. The lowest BCUT2D eigenvalue weighted by Gasteiger charge is -2.08. The Morgan fingerprint density at radius 2 is 2.22 bits per heavy atom. The number of amides is 1. The molecule has 1 aromatic carbocycles. The van der Waals surface area contributed by atoms with E-state index in [1.807, 2.05) is 41.8 Å². The molecule has 0 atom stereocenters. The lowest BCUT2D eigenvalue weighted by Crippen LogP contribution is -2.28. The molecule has 1 heterocycles. The minimum absolute atomic E-state index is 0.0605. The molecule has 1 N–H and O–H groups in total. The monoisotopic (exact) mass is 241 g/mol. The van der Waals surface area contributed by atoms with Gasteiger partial charge < -0.3 is 9.88 Å². The van der Waals surface area contributed by atoms with Crippen molar-refractivity contribution in [2.45, 2.75) is 19.9 Å². The maximum atomic E-state index is 11.7. The molecule has 2 rings (SSSR count). The van der Waals surface area contributed by atoms with E-state index in [1.165, 1.54) is 0 Å². The zero-order valence-electron chi connectivity index (χ0n) is 10.3. The number of nitrogens with one attached hydrogen (secondary N) is 1. The molecule has 0 saturated heterocycles. The van der Waals surface area contributed by atoms with Crippen LogP contribution < -0.4 is 5.32 Å². The van der Waals surface area contributed by atoms with Crippen LogP contribution in [0.15, 0.2) is 30.3 Å². The summed E-state index contributed by atoms with van der Waals surface area (Å²) < 4.78 is 1.98. The summed E-state index contributed by atoms with van der Waals surface area (Å²) in [7, 11) is 0. The van der Waals surface area contributed by atoms with E-state index in [9.17, 15) is 4.79 Å². The van der Waals surface area contributed by atoms with Gasteiger partial charge in [0.1, 0.15) is 6.54 Å². The predicted molar refractivity (Wildman–Crippen MR) is 69.9 cm³/mol. The van der Waals surface area contributed by atoms with Crippen molar-refractivity contribution in [2.75, 3.05) is 6.54 Å². The number of benzene rings is 1. The van der Waals surface area contributed by atoms with E-state index in [0.29, 0.717) is 19.5 Å². The maximum Gasteiger partial charge on any atom is 0.239 e. The molecule has 4 nitrogen and oxygen atoms in total. The van der Waals surface area contributed by atoms with Gasteiger partial charge in [-0.05, 0) is 24.4 Å². The first-order valence-electron chi connectivity index (χ1n) is 5.91. The van der Waals surface area contributed by atoms with Crippen molar-refractivity contribution in [1.82, 2.24) is 9.88 Å². The van der Waals surface area contributed by atoms with Crippen LogP contribution in [0.1, 0.15) is 12.1 Å². The second-order valence-corrected chi connectivity index (χ2v) is 4.19. The Balaban J connectivity index is 2.14. The first kappa shape index (κ1) is 12.2. The first-order chi connectivity index (χ1) is 8.72. The van der Waals surface area contributed by atoms with Gasteiger partial charge in [-0.25, -0.2) is 0 Å². The van der Waals surface area contributed by atoms with Crippen molar-refractivity contribution < 1.29 is 4.79 Å². The molecule has 0 saturated carbocycles. The minimum atomic E-state index is -0.0605. The summed E-state index contributed by atoms with van der Waals surface area (Å²) in [5.41, 5.74) is 2.12. The van der Waals surface area contributed by atoms with E-state index >= 15 is 0 Å². The molecule has 1 amide bonds. The van der Waals surface area contributed by atoms with Crippen LogP contribution in [0.5, 0.6) is 0 Å². The fourth-order valence-corrected chi connectivity index (χ4v) is 2.02. The summed E-state index contributed by atoms with van der Waals surface area (Å²) in [4.78, 5) is 11.7. The molecule has 0 aliphatic carbocycles. The largest absolute Gasteiger partial charge is 0.354 e. The van der Waals surface area contributed by atoms with Crippen LogP contribution in [-0.4, -0.2) is 17.0 Å². The number of nitrogens with zero attached hydrogens (tertiary/aromatic N) is 2. The number of rotatable bonds is 4. The van der Waals surface area contributed by atoms with Gasteiger partial charge in [0.15, 0.2) is 0 Å². The van der Waals surface area contributed by atoms with Crippen molar-refractivity contribution in [3.8, 4) is 6.07 Å².